The quantitative estimate of drug-likeness (QED) is 0.790. The highest BCUT2D eigenvalue weighted by molar-refractivity contribution is 6.06. The highest BCUT2D eigenvalue weighted by Crippen LogP contribution is 2.28. The summed E-state index contributed by atoms with van der Waals surface area (Å²) in [6, 6.07) is 7.15. The normalized spacial score (nSPS) is 19.5. The van der Waals surface area contributed by atoms with Gasteiger partial charge < -0.3 is 14.9 Å². The Kier molecular flexibility index (Phi) is 2.90. The molecule has 1 aliphatic rings. The van der Waals surface area contributed by atoms with E-state index in [1.54, 1.807) is 36.2 Å². The van der Waals surface area contributed by atoms with Crippen LogP contribution in [0.25, 0.3) is 0 Å². The van der Waals surface area contributed by atoms with Crippen LogP contribution in [0.3, 0.4) is 0 Å². The molecule has 0 amide bonds. The monoisotopic (exact) mass is 232 g/mol. The van der Waals surface area contributed by atoms with Crippen LogP contribution in [-0.4, -0.2) is 41.8 Å². The van der Waals surface area contributed by atoms with E-state index >= 15 is 0 Å². The zero-order chi connectivity index (χ0) is 12.6. The van der Waals surface area contributed by atoms with Gasteiger partial charge in [-0.05, 0) is 0 Å². The number of hydrogen-bond acceptors (Lipinski definition) is 4. The molecule has 1 heterocycles. The molecule has 0 radical (unpaired) electrons. The van der Waals surface area contributed by atoms with E-state index in [0.29, 0.717) is 16.9 Å². The number of ketones is 1. The number of rotatable bonds is 1. The highest BCUT2D eigenvalue weighted by atomic mass is 16.3. The molecule has 1 atom stereocenters. The average molecular weight is 232 g/mol. The molecule has 0 aliphatic carbocycles. The smallest absolute Gasteiger partial charge is 0.189 e. The van der Waals surface area contributed by atoms with Gasteiger partial charge in [-0.1, -0.05) is 24.3 Å². The zero-order valence-electron chi connectivity index (χ0n) is 10.2. The fraction of sp³-hybridized carbons (Fsp3) is 0.308. The predicted molar refractivity (Wildman–Crippen MR) is 65.3 cm³/mol. The van der Waals surface area contributed by atoms with Crippen molar-refractivity contribution in [2.45, 2.75) is 6.23 Å². The Balaban J connectivity index is 2.57. The molecular formula is C13H16N2O2. The van der Waals surface area contributed by atoms with E-state index in [4.69, 9.17) is 0 Å². The van der Waals surface area contributed by atoms with E-state index in [1.807, 2.05) is 25.1 Å². The van der Waals surface area contributed by atoms with Crippen molar-refractivity contribution >= 4 is 5.78 Å². The van der Waals surface area contributed by atoms with Crippen molar-refractivity contribution in [3.8, 4) is 0 Å². The maximum absolute atomic E-state index is 12.1. The van der Waals surface area contributed by atoms with Crippen LogP contribution in [0.15, 0.2) is 36.2 Å². The van der Waals surface area contributed by atoms with Gasteiger partial charge in [0.1, 0.15) is 5.82 Å². The molecule has 2 rings (SSSR count). The minimum Gasteiger partial charge on any atom is -0.369 e. The van der Waals surface area contributed by atoms with Crippen LogP contribution < -0.4 is 0 Å². The Hall–Kier alpha value is -1.81. The lowest BCUT2D eigenvalue weighted by molar-refractivity contribution is 0.0288. The minimum atomic E-state index is -0.800. The molecule has 0 fully saturated rings. The second-order valence-corrected chi connectivity index (χ2v) is 4.33. The van der Waals surface area contributed by atoms with E-state index in [-0.39, 0.29) is 5.78 Å². The van der Waals surface area contributed by atoms with E-state index in [1.165, 1.54) is 0 Å². The lowest BCUT2D eigenvalue weighted by Crippen LogP contribution is -2.30. The number of benzene rings is 1. The lowest BCUT2D eigenvalue weighted by atomic mass is 10.0. The van der Waals surface area contributed by atoms with Crippen LogP contribution in [0.5, 0.6) is 0 Å². The van der Waals surface area contributed by atoms with Gasteiger partial charge >= 0.3 is 0 Å². The molecule has 17 heavy (non-hydrogen) atoms. The number of hydrogen-bond donors (Lipinski definition) is 1. The van der Waals surface area contributed by atoms with Gasteiger partial charge in [0.05, 0.1) is 0 Å². The summed E-state index contributed by atoms with van der Waals surface area (Å²) in [7, 11) is 5.46. The standard InChI is InChI=1S/C13H16N2O2/c1-14(2)12-8-11(16)9-6-4-5-7-10(9)13(17)15(12)3/h4-8,13,17H,1-3H3/t13-/m0/s1. The summed E-state index contributed by atoms with van der Waals surface area (Å²) < 4.78 is 0. The van der Waals surface area contributed by atoms with Crippen molar-refractivity contribution in [1.29, 1.82) is 0 Å². The van der Waals surface area contributed by atoms with Crippen LogP contribution in [0.2, 0.25) is 0 Å². The molecule has 0 aromatic heterocycles. The highest BCUT2D eigenvalue weighted by Gasteiger charge is 2.26. The first-order valence-corrected chi connectivity index (χ1v) is 5.45. The topological polar surface area (TPSA) is 43.8 Å². The van der Waals surface area contributed by atoms with E-state index in [9.17, 15) is 9.90 Å². The average Bonchev–Trinajstić information content (AvgIpc) is 2.41. The lowest BCUT2D eigenvalue weighted by Gasteiger charge is -2.30. The van der Waals surface area contributed by atoms with Crippen molar-refractivity contribution < 1.29 is 9.90 Å². The molecule has 0 spiro atoms. The molecule has 90 valence electrons. The summed E-state index contributed by atoms with van der Waals surface area (Å²) >= 11 is 0. The number of carbonyl (C=O) groups excluding carboxylic acids is 1. The first-order valence-electron chi connectivity index (χ1n) is 5.45. The molecule has 0 saturated carbocycles. The van der Waals surface area contributed by atoms with Crippen molar-refractivity contribution in [3.05, 3.63) is 47.3 Å². The van der Waals surface area contributed by atoms with Gasteiger partial charge in [0.2, 0.25) is 0 Å². The first-order chi connectivity index (χ1) is 8.02. The molecule has 1 aliphatic heterocycles. The van der Waals surface area contributed by atoms with Gasteiger partial charge in [-0.15, -0.1) is 0 Å². The summed E-state index contributed by atoms with van der Waals surface area (Å²) in [6.07, 6.45) is 0.751. The van der Waals surface area contributed by atoms with E-state index in [0.717, 1.165) is 0 Å². The predicted octanol–water partition coefficient (Wildman–Crippen LogP) is 1.21. The van der Waals surface area contributed by atoms with Crippen LogP contribution in [-0.2, 0) is 0 Å². The maximum atomic E-state index is 12.1. The summed E-state index contributed by atoms with van der Waals surface area (Å²) in [5.74, 6) is 0.617. The second-order valence-electron chi connectivity index (χ2n) is 4.33. The third-order valence-electron chi connectivity index (χ3n) is 2.95. The second kappa shape index (κ2) is 4.22. The Morgan fingerprint density at radius 2 is 1.94 bits per heavy atom. The largest absolute Gasteiger partial charge is 0.369 e. The fourth-order valence-electron chi connectivity index (χ4n) is 2.02. The Bertz CT molecular complexity index is 480. The van der Waals surface area contributed by atoms with Crippen LogP contribution >= 0.6 is 0 Å². The third kappa shape index (κ3) is 1.91. The number of aliphatic hydroxyl groups excluding tert-OH is 1. The first kappa shape index (κ1) is 11.7. The molecule has 1 aromatic rings. The minimum absolute atomic E-state index is 0.0762. The van der Waals surface area contributed by atoms with Crippen molar-refractivity contribution in [2.75, 3.05) is 21.1 Å². The number of nitrogens with zero attached hydrogens (tertiary/aromatic N) is 2. The van der Waals surface area contributed by atoms with Gasteiger partial charge in [-0.3, -0.25) is 4.79 Å². The number of allylic oxidation sites excluding steroid dienone is 1. The SMILES string of the molecule is CN(C)C1=CC(=O)c2ccccc2[C@H](O)N1C. The Labute approximate surface area is 101 Å². The molecule has 0 unspecified atom stereocenters. The van der Waals surface area contributed by atoms with Gasteiger partial charge in [-0.25, -0.2) is 0 Å². The number of fused-ring (bicyclic) bond motifs is 1. The molecule has 1 aromatic carbocycles. The molecule has 1 N–H and O–H groups in total. The summed E-state index contributed by atoms with van der Waals surface area (Å²) in [5.41, 5.74) is 1.21. The number of carbonyl (C=O) groups is 1. The Morgan fingerprint density at radius 1 is 1.29 bits per heavy atom. The fourth-order valence-corrected chi connectivity index (χ4v) is 2.02. The molecular weight excluding hydrogens is 216 g/mol. The van der Waals surface area contributed by atoms with Crippen LogP contribution in [0.1, 0.15) is 22.1 Å². The summed E-state index contributed by atoms with van der Waals surface area (Å²) in [4.78, 5) is 15.6. The van der Waals surface area contributed by atoms with Crippen molar-refractivity contribution in [3.63, 3.8) is 0 Å². The van der Waals surface area contributed by atoms with Gasteiger partial charge in [0.15, 0.2) is 12.0 Å². The van der Waals surface area contributed by atoms with Gasteiger partial charge in [0, 0.05) is 38.3 Å². The van der Waals surface area contributed by atoms with Crippen molar-refractivity contribution in [1.82, 2.24) is 9.80 Å². The zero-order valence-corrected chi connectivity index (χ0v) is 10.2. The third-order valence-corrected chi connectivity index (χ3v) is 2.95. The van der Waals surface area contributed by atoms with E-state index < -0.39 is 6.23 Å². The number of aliphatic hydroxyl groups is 1. The molecule has 0 saturated heterocycles. The molecule has 0 bridgehead atoms. The van der Waals surface area contributed by atoms with Gasteiger partial charge in [-0.2, -0.15) is 0 Å². The van der Waals surface area contributed by atoms with E-state index in [2.05, 4.69) is 0 Å². The summed E-state index contributed by atoms with van der Waals surface area (Å²) in [6.45, 7) is 0. The van der Waals surface area contributed by atoms with Gasteiger partial charge in [0.25, 0.3) is 0 Å². The maximum Gasteiger partial charge on any atom is 0.189 e. The van der Waals surface area contributed by atoms with Crippen molar-refractivity contribution in [2.24, 2.45) is 0 Å². The summed E-state index contributed by atoms with van der Waals surface area (Å²) in [5, 5.41) is 10.3. The Morgan fingerprint density at radius 3 is 2.59 bits per heavy atom. The molecule has 4 heteroatoms. The van der Waals surface area contributed by atoms with Crippen LogP contribution in [0, 0.1) is 0 Å². The molecule has 4 nitrogen and oxygen atoms in total. The van der Waals surface area contributed by atoms with Crippen LogP contribution in [0.4, 0.5) is 0 Å².